The lowest BCUT2D eigenvalue weighted by atomic mass is 10.1. The highest BCUT2D eigenvalue weighted by Gasteiger charge is 2.25. The van der Waals surface area contributed by atoms with Crippen LogP contribution < -0.4 is 5.32 Å². The summed E-state index contributed by atoms with van der Waals surface area (Å²) in [6.45, 7) is 6.39. The highest BCUT2D eigenvalue weighted by Crippen LogP contribution is 2.29. The summed E-state index contributed by atoms with van der Waals surface area (Å²) < 4.78 is 5.50. The van der Waals surface area contributed by atoms with Gasteiger partial charge in [-0.3, -0.25) is 9.69 Å². The first-order chi connectivity index (χ1) is 12.5. The molecule has 0 spiro atoms. The Morgan fingerprint density at radius 2 is 2.08 bits per heavy atom. The van der Waals surface area contributed by atoms with Gasteiger partial charge in [-0.05, 0) is 51.4 Å². The fourth-order valence-electron chi connectivity index (χ4n) is 3.13. The molecule has 1 saturated heterocycles. The fourth-order valence-corrected chi connectivity index (χ4v) is 4.13. The van der Waals surface area contributed by atoms with Crippen molar-refractivity contribution in [2.75, 3.05) is 25.4 Å². The summed E-state index contributed by atoms with van der Waals surface area (Å²) in [5, 5.41) is 4.34. The first-order valence-corrected chi connectivity index (χ1v) is 10.2. The zero-order valence-electron chi connectivity index (χ0n) is 15.1. The van der Waals surface area contributed by atoms with E-state index in [1.165, 1.54) is 24.6 Å². The molecule has 0 aliphatic carbocycles. The van der Waals surface area contributed by atoms with Crippen LogP contribution in [0.25, 0.3) is 0 Å². The molecule has 5 nitrogen and oxygen atoms in total. The maximum Gasteiger partial charge on any atom is 0.256 e. The van der Waals surface area contributed by atoms with Crippen molar-refractivity contribution in [3.05, 3.63) is 46.3 Å². The minimum Gasteiger partial charge on any atom is -0.437 e. The van der Waals surface area contributed by atoms with Gasteiger partial charge >= 0.3 is 0 Å². The van der Waals surface area contributed by atoms with Crippen LogP contribution in [0.4, 0.5) is 0 Å². The Kier molecular flexibility index (Phi) is 6.62. The predicted molar refractivity (Wildman–Crippen MR) is 105 cm³/mol. The number of aryl methyl sites for hydroxylation is 2. The molecule has 2 aromatic rings. The second-order valence-corrected chi connectivity index (χ2v) is 7.83. The van der Waals surface area contributed by atoms with Crippen molar-refractivity contribution in [3.63, 3.8) is 0 Å². The van der Waals surface area contributed by atoms with E-state index >= 15 is 0 Å². The van der Waals surface area contributed by atoms with Crippen LogP contribution in [0.2, 0.25) is 5.02 Å². The zero-order valence-corrected chi connectivity index (χ0v) is 16.7. The lowest BCUT2D eigenvalue weighted by Gasteiger charge is -2.28. The highest BCUT2D eigenvalue weighted by atomic mass is 35.5. The van der Waals surface area contributed by atoms with Crippen LogP contribution in [0.3, 0.4) is 0 Å². The van der Waals surface area contributed by atoms with E-state index in [9.17, 15) is 4.79 Å². The van der Waals surface area contributed by atoms with Crippen molar-refractivity contribution in [2.45, 2.75) is 38.0 Å². The van der Waals surface area contributed by atoms with Gasteiger partial charge in [-0.1, -0.05) is 41.6 Å². The summed E-state index contributed by atoms with van der Waals surface area (Å²) in [5.74, 6) is 1.05. The van der Waals surface area contributed by atoms with Crippen LogP contribution >= 0.6 is 23.4 Å². The third-order valence-corrected chi connectivity index (χ3v) is 5.85. The van der Waals surface area contributed by atoms with Crippen LogP contribution in [0.5, 0.6) is 0 Å². The number of hydrogen-bond donors (Lipinski definition) is 1. The first kappa shape index (κ1) is 19.3. The van der Waals surface area contributed by atoms with Gasteiger partial charge in [-0.15, -0.1) is 0 Å². The molecule has 1 aliphatic heterocycles. The Bertz CT molecular complexity index is 739. The van der Waals surface area contributed by atoms with Gasteiger partial charge in [0, 0.05) is 11.6 Å². The molecule has 1 aromatic heterocycles. The number of carbonyl (C=O) groups is 1. The van der Waals surface area contributed by atoms with Gasteiger partial charge in [0.05, 0.1) is 17.5 Å². The van der Waals surface area contributed by atoms with Crippen molar-refractivity contribution >= 4 is 29.3 Å². The molecule has 1 aromatic carbocycles. The average Bonchev–Trinajstić information content (AvgIpc) is 3.25. The van der Waals surface area contributed by atoms with E-state index in [-0.39, 0.29) is 17.7 Å². The number of amides is 1. The van der Waals surface area contributed by atoms with Crippen LogP contribution in [-0.4, -0.2) is 41.2 Å². The smallest absolute Gasteiger partial charge is 0.256 e. The Hall–Kier alpha value is -1.50. The number of likely N-dealkylation sites (tertiary alicyclic amines) is 1. The maximum absolute atomic E-state index is 12.3. The van der Waals surface area contributed by atoms with Crippen molar-refractivity contribution in [1.82, 2.24) is 15.2 Å². The number of oxazole rings is 1. The van der Waals surface area contributed by atoms with Gasteiger partial charge in [-0.2, -0.15) is 0 Å². The summed E-state index contributed by atoms with van der Waals surface area (Å²) in [6.07, 6.45) is 2.38. The Morgan fingerprint density at radius 3 is 2.73 bits per heavy atom. The molecule has 1 unspecified atom stereocenters. The van der Waals surface area contributed by atoms with E-state index in [1.807, 2.05) is 38.1 Å². The molecule has 7 heteroatoms. The normalized spacial score (nSPS) is 16.0. The minimum atomic E-state index is -0.0280. The monoisotopic (exact) mass is 393 g/mol. The van der Waals surface area contributed by atoms with Crippen LogP contribution in [-0.2, 0) is 4.79 Å². The zero-order chi connectivity index (χ0) is 18.5. The molecule has 0 bridgehead atoms. The van der Waals surface area contributed by atoms with Crippen molar-refractivity contribution < 1.29 is 9.21 Å². The topological polar surface area (TPSA) is 58.4 Å². The summed E-state index contributed by atoms with van der Waals surface area (Å²) in [6, 6.07) is 7.99. The molecule has 3 rings (SSSR count). The molecule has 1 amide bonds. The van der Waals surface area contributed by atoms with Crippen molar-refractivity contribution in [1.29, 1.82) is 0 Å². The van der Waals surface area contributed by atoms with Gasteiger partial charge in [0.1, 0.15) is 5.76 Å². The molecular weight excluding hydrogens is 370 g/mol. The Morgan fingerprint density at radius 1 is 1.35 bits per heavy atom. The van der Waals surface area contributed by atoms with Gasteiger partial charge < -0.3 is 9.73 Å². The van der Waals surface area contributed by atoms with Crippen LogP contribution in [0.1, 0.15) is 35.9 Å². The molecule has 26 heavy (non-hydrogen) atoms. The average molecular weight is 394 g/mol. The predicted octanol–water partition coefficient (Wildman–Crippen LogP) is 3.99. The van der Waals surface area contributed by atoms with E-state index in [0.717, 1.165) is 35.1 Å². The fraction of sp³-hybridized carbons (Fsp3) is 0.474. The summed E-state index contributed by atoms with van der Waals surface area (Å²) >= 11 is 7.72. The molecular formula is C19H24ClN3O2S. The Labute approximate surface area is 163 Å². The van der Waals surface area contributed by atoms with Gasteiger partial charge in [-0.25, -0.2) is 4.98 Å². The second-order valence-electron chi connectivity index (χ2n) is 6.49. The SMILES string of the molecule is Cc1nc(SCC(=O)NCC(c2ccccc2Cl)N2CCCC2)oc1C. The van der Waals surface area contributed by atoms with Gasteiger partial charge in [0.15, 0.2) is 0 Å². The molecule has 0 saturated carbocycles. The standard InChI is InChI=1S/C19H24ClN3O2S/c1-13-14(2)25-19(22-13)26-12-18(24)21-11-17(23-9-5-6-10-23)15-7-3-4-8-16(15)20/h3-4,7-8,17H,5-6,9-12H2,1-2H3,(H,21,24). The second kappa shape index (κ2) is 8.93. The van der Waals surface area contributed by atoms with Gasteiger partial charge in [0.2, 0.25) is 5.91 Å². The van der Waals surface area contributed by atoms with E-state index < -0.39 is 0 Å². The Balaban J connectivity index is 1.58. The lowest BCUT2D eigenvalue weighted by molar-refractivity contribution is -0.118. The molecule has 1 N–H and O–H groups in total. The molecule has 2 heterocycles. The molecule has 1 fully saturated rings. The third kappa shape index (κ3) is 4.81. The van der Waals surface area contributed by atoms with Crippen molar-refractivity contribution in [2.24, 2.45) is 0 Å². The number of hydrogen-bond acceptors (Lipinski definition) is 5. The van der Waals surface area contributed by atoms with E-state index in [1.54, 1.807) is 0 Å². The number of aromatic nitrogens is 1. The van der Waals surface area contributed by atoms with E-state index in [2.05, 4.69) is 15.2 Å². The molecule has 0 radical (unpaired) electrons. The number of carbonyl (C=O) groups excluding carboxylic acids is 1. The molecule has 1 atom stereocenters. The number of nitrogens with zero attached hydrogens (tertiary/aromatic N) is 2. The van der Waals surface area contributed by atoms with Crippen molar-refractivity contribution in [3.8, 4) is 0 Å². The lowest BCUT2D eigenvalue weighted by Crippen LogP contribution is -2.37. The van der Waals surface area contributed by atoms with Crippen LogP contribution in [0, 0.1) is 13.8 Å². The third-order valence-electron chi connectivity index (χ3n) is 4.67. The van der Waals surface area contributed by atoms with E-state index in [0.29, 0.717) is 11.8 Å². The van der Waals surface area contributed by atoms with Crippen LogP contribution in [0.15, 0.2) is 33.9 Å². The first-order valence-electron chi connectivity index (χ1n) is 8.86. The highest BCUT2D eigenvalue weighted by molar-refractivity contribution is 7.99. The van der Waals surface area contributed by atoms with E-state index in [4.69, 9.17) is 16.0 Å². The number of thioether (sulfide) groups is 1. The number of nitrogens with one attached hydrogen (secondary N) is 1. The summed E-state index contributed by atoms with van der Waals surface area (Å²) in [5.41, 5.74) is 1.93. The molecule has 1 aliphatic rings. The number of halogens is 1. The molecule has 140 valence electrons. The quantitative estimate of drug-likeness (QED) is 0.721. The maximum atomic E-state index is 12.3. The summed E-state index contributed by atoms with van der Waals surface area (Å²) in [4.78, 5) is 19.0. The summed E-state index contributed by atoms with van der Waals surface area (Å²) in [7, 11) is 0. The number of rotatable bonds is 7. The van der Waals surface area contributed by atoms with Gasteiger partial charge in [0.25, 0.3) is 5.22 Å². The minimum absolute atomic E-state index is 0.0280. The number of benzene rings is 1. The largest absolute Gasteiger partial charge is 0.437 e.